The Hall–Kier alpha value is -5.72. The lowest BCUT2D eigenvalue weighted by Gasteiger charge is -2.13. The Morgan fingerprint density at radius 3 is 0.960 bits per heavy atom. The van der Waals surface area contributed by atoms with Crippen LogP contribution < -0.4 is 0 Å². The van der Waals surface area contributed by atoms with Crippen molar-refractivity contribution in [3.05, 3.63) is 203 Å². The van der Waals surface area contributed by atoms with E-state index < -0.39 is 0 Å². The second-order valence-corrected chi connectivity index (χ2v) is 13.4. The summed E-state index contributed by atoms with van der Waals surface area (Å²) in [5.41, 5.74) is 15.7. The number of hydrogen-bond donors (Lipinski definition) is 0. The second kappa shape index (κ2) is 15.7. The highest BCUT2D eigenvalue weighted by Crippen LogP contribution is 2.36. The average molecular weight is 647 g/mol. The fourth-order valence-electron chi connectivity index (χ4n) is 6.51. The summed E-state index contributed by atoms with van der Waals surface area (Å²) in [5.74, 6) is 0. The van der Waals surface area contributed by atoms with E-state index in [2.05, 4.69) is 211 Å². The topological polar surface area (TPSA) is 0 Å². The predicted octanol–water partition coefficient (Wildman–Crippen LogP) is 14.2. The molecule has 0 bridgehead atoms. The third-order valence-corrected chi connectivity index (χ3v) is 9.38. The molecule has 8 aromatic rings. The monoisotopic (exact) mass is 646 g/mol. The normalized spacial score (nSPS) is 10.6. The van der Waals surface area contributed by atoms with Crippen LogP contribution in [0.3, 0.4) is 0 Å². The minimum atomic E-state index is 1.29. The molecule has 0 heterocycles. The first-order chi connectivity index (χ1) is 24.3. The quantitative estimate of drug-likeness (QED) is 0.179. The molecule has 8 aromatic carbocycles. The molecule has 0 fully saturated rings. The van der Waals surface area contributed by atoms with Crippen molar-refractivity contribution < 1.29 is 0 Å². The number of rotatable bonds is 3. The molecule has 0 unspecified atom stereocenters. The molecule has 0 aliphatic rings. The zero-order valence-electron chi connectivity index (χ0n) is 30.2. The summed E-state index contributed by atoms with van der Waals surface area (Å²) in [6.45, 7) is 12.8. The standard InChI is InChI=1S/C22H18.2C14H14/c1-15-11-13-21(19-9-5-3-7-17(15)19)22-14-12-16(2)18-8-4-6-10-20(18)22;1-11-3-7-13(8-4-11)14-9-5-12(2)6-10-14;1-11-5-3-7-13(9-11)14-8-4-6-12(2)10-14/h3-14H,1-2H3;2*3-10H,1-2H3. The lowest BCUT2D eigenvalue weighted by Crippen LogP contribution is -1.87. The van der Waals surface area contributed by atoms with E-state index in [1.807, 2.05) is 0 Å². The molecule has 0 aliphatic heterocycles. The average Bonchev–Trinajstić information content (AvgIpc) is 3.14. The summed E-state index contributed by atoms with van der Waals surface area (Å²) in [7, 11) is 0. The van der Waals surface area contributed by atoms with Crippen LogP contribution in [0.2, 0.25) is 0 Å². The van der Waals surface area contributed by atoms with Gasteiger partial charge in [-0.3, -0.25) is 0 Å². The van der Waals surface area contributed by atoms with Crippen molar-refractivity contribution in [3.63, 3.8) is 0 Å². The van der Waals surface area contributed by atoms with Crippen molar-refractivity contribution in [1.29, 1.82) is 0 Å². The van der Waals surface area contributed by atoms with Crippen molar-refractivity contribution in [3.8, 4) is 33.4 Å². The summed E-state index contributed by atoms with van der Waals surface area (Å²) in [6.07, 6.45) is 0. The Bertz CT molecular complexity index is 2190. The Kier molecular flexibility index (Phi) is 10.7. The molecule has 0 nitrogen and oxygen atoms in total. The Morgan fingerprint density at radius 2 is 0.600 bits per heavy atom. The molecule has 0 N–H and O–H groups in total. The molecule has 8 rings (SSSR count). The van der Waals surface area contributed by atoms with Crippen molar-refractivity contribution >= 4 is 21.5 Å². The molecule has 0 radical (unpaired) electrons. The highest BCUT2D eigenvalue weighted by Gasteiger charge is 2.10. The van der Waals surface area contributed by atoms with Crippen molar-refractivity contribution in [1.82, 2.24) is 0 Å². The van der Waals surface area contributed by atoms with Crippen LogP contribution in [0, 0.1) is 41.5 Å². The van der Waals surface area contributed by atoms with Crippen LogP contribution in [-0.4, -0.2) is 0 Å². The number of hydrogen-bond acceptors (Lipinski definition) is 0. The Morgan fingerprint density at radius 1 is 0.240 bits per heavy atom. The molecular weight excluding hydrogens is 601 g/mol. The van der Waals surface area contributed by atoms with Crippen molar-refractivity contribution in [2.75, 3.05) is 0 Å². The van der Waals surface area contributed by atoms with Gasteiger partial charge < -0.3 is 0 Å². The van der Waals surface area contributed by atoms with Crippen molar-refractivity contribution in [2.45, 2.75) is 41.5 Å². The van der Waals surface area contributed by atoms with Gasteiger partial charge in [0.1, 0.15) is 0 Å². The first kappa shape index (κ1) is 34.2. The number of fused-ring (bicyclic) bond motifs is 2. The molecule has 0 amide bonds. The first-order valence-electron chi connectivity index (χ1n) is 17.5. The summed E-state index contributed by atoms with van der Waals surface area (Å²) < 4.78 is 0. The first-order valence-corrected chi connectivity index (χ1v) is 17.5. The van der Waals surface area contributed by atoms with Gasteiger partial charge in [0, 0.05) is 0 Å². The zero-order chi connectivity index (χ0) is 35.0. The third-order valence-electron chi connectivity index (χ3n) is 9.38. The van der Waals surface area contributed by atoms with Gasteiger partial charge in [0.25, 0.3) is 0 Å². The largest absolute Gasteiger partial charge is 0.0616 e. The van der Waals surface area contributed by atoms with E-state index in [1.165, 1.54) is 88.3 Å². The van der Waals surface area contributed by atoms with Crippen LogP contribution in [0.1, 0.15) is 33.4 Å². The maximum absolute atomic E-state index is 2.26. The predicted molar refractivity (Wildman–Crippen MR) is 219 cm³/mol. The lowest BCUT2D eigenvalue weighted by atomic mass is 9.91. The molecule has 0 aliphatic carbocycles. The highest BCUT2D eigenvalue weighted by atomic mass is 14.1. The van der Waals surface area contributed by atoms with Gasteiger partial charge in [0.05, 0.1) is 0 Å². The van der Waals surface area contributed by atoms with E-state index in [4.69, 9.17) is 0 Å². The van der Waals surface area contributed by atoms with Crippen LogP contribution >= 0.6 is 0 Å². The van der Waals surface area contributed by atoms with Gasteiger partial charge in [0.2, 0.25) is 0 Å². The second-order valence-electron chi connectivity index (χ2n) is 13.4. The Labute approximate surface area is 298 Å². The van der Waals surface area contributed by atoms with Gasteiger partial charge in [-0.2, -0.15) is 0 Å². The van der Waals surface area contributed by atoms with E-state index in [0.717, 1.165) is 0 Å². The molecular formula is C50H46. The van der Waals surface area contributed by atoms with Crippen LogP contribution in [0.5, 0.6) is 0 Å². The van der Waals surface area contributed by atoms with Gasteiger partial charge in [0.15, 0.2) is 0 Å². The molecule has 0 spiro atoms. The fraction of sp³-hybridized carbons (Fsp3) is 0.120. The van der Waals surface area contributed by atoms with Gasteiger partial charge in [-0.15, -0.1) is 0 Å². The molecule has 246 valence electrons. The van der Waals surface area contributed by atoms with Crippen molar-refractivity contribution in [2.24, 2.45) is 0 Å². The van der Waals surface area contributed by atoms with Gasteiger partial charge in [-0.1, -0.05) is 192 Å². The van der Waals surface area contributed by atoms with Gasteiger partial charge >= 0.3 is 0 Å². The van der Waals surface area contributed by atoms with Gasteiger partial charge in [-0.05, 0) is 108 Å². The van der Waals surface area contributed by atoms with Crippen LogP contribution in [0.4, 0.5) is 0 Å². The molecule has 0 aromatic heterocycles. The van der Waals surface area contributed by atoms with Crippen LogP contribution in [0.15, 0.2) is 170 Å². The van der Waals surface area contributed by atoms with E-state index in [1.54, 1.807) is 0 Å². The lowest BCUT2D eigenvalue weighted by molar-refractivity contribution is 1.44. The minimum absolute atomic E-state index is 1.29. The summed E-state index contributed by atoms with van der Waals surface area (Å²) in [5, 5.41) is 5.34. The molecule has 0 atom stereocenters. The third kappa shape index (κ3) is 8.11. The zero-order valence-corrected chi connectivity index (χ0v) is 30.2. The van der Waals surface area contributed by atoms with E-state index in [0.29, 0.717) is 0 Å². The summed E-state index contributed by atoms with van der Waals surface area (Å²) >= 11 is 0. The maximum atomic E-state index is 2.26. The Balaban J connectivity index is 0.000000136. The van der Waals surface area contributed by atoms with Gasteiger partial charge in [-0.25, -0.2) is 0 Å². The number of benzene rings is 8. The molecule has 0 heteroatoms. The smallest absolute Gasteiger partial charge is 0.00990 e. The summed E-state index contributed by atoms with van der Waals surface area (Å²) in [4.78, 5) is 0. The molecule has 50 heavy (non-hydrogen) atoms. The van der Waals surface area contributed by atoms with Crippen LogP contribution in [-0.2, 0) is 0 Å². The van der Waals surface area contributed by atoms with E-state index >= 15 is 0 Å². The SMILES string of the molecule is Cc1ccc(-c2ccc(C)c3ccccc23)c2ccccc12.Cc1ccc(-c2ccc(C)cc2)cc1.Cc1cccc(-c2cccc(C)c2)c1. The molecule has 0 saturated heterocycles. The number of aryl methyl sites for hydroxylation is 6. The fourth-order valence-corrected chi connectivity index (χ4v) is 6.51. The van der Waals surface area contributed by atoms with E-state index in [9.17, 15) is 0 Å². The highest BCUT2D eigenvalue weighted by molar-refractivity contribution is 6.06. The maximum Gasteiger partial charge on any atom is -0.00990 e. The molecule has 0 saturated carbocycles. The minimum Gasteiger partial charge on any atom is -0.0616 e. The van der Waals surface area contributed by atoms with Crippen LogP contribution in [0.25, 0.3) is 54.9 Å². The summed E-state index contributed by atoms with van der Waals surface area (Å²) in [6, 6.07) is 60.8. The van der Waals surface area contributed by atoms with E-state index in [-0.39, 0.29) is 0 Å².